The van der Waals surface area contributed by atoms with Gasteiger partial charge in [-0.05, 0) is 12.8 Å². The first-order valence-corrected chi connectivity index (χ1v) is 12.6. The predicted molar refractivity (Wildman–Crippen MR) is 123 cm³/mol. The van der Waals surface area contributed by atoms with Gasteiger partial charge in [-0.15, -0.1) is 0 Å². The van der Waals surface area contributed by atoms with Gasteiger partial charge in [-0.2, -0.15) is 0 Å². The number of rotatable bonds is 19. The monoisotopic (exact) mass is 478 g/mol. The number of esters is 1. The lowest BCUT2D eigenvalue weighted by Gasteiger charge is -2.39. The SMILES string of the molecule is CCCCCCCCCCOCC(COC1OC(CO)C(O)C(O)C1O)OC(=O)CCCC. The smallest absolute Gasteiger partial charge is 0.306 e. The molecule has 0 spiro atoms. The molecule has 9 nitrogen and oxygen atoms in total. The van der Waals surface area contributed by atoms with E-state index in [-0.39, 0.29) is 19.2 Å². The third-order valence-corrected chi connectivity index (χ3v) is 5.77. The Bertz CT molecular complexity index is 489. The summed E-state index contributed by atoms with van der Waals surface area (Å²) in [5.74, 6) is -0.352. The second-order valence-electron chi connectivity index (χ2n) is 8.80. The molecule has 196 valence electrons. The van der Waals surface area contributed by atoms with Gasteiger partial charge in [0.25, 0.3) is 0 Å². The van der Waals surface area contributed by atoms with Crippen molar-refractivity contribution in [2.75, 3.05) is 26.4 Å². The molecule has 6 atom stereocenters. The summed E-state index contributed by atoms with van der Waals surface area (Å²) in [6.07, 6.45) is 3.94. The summed E-state index contributed by atoms with van der Waals surface area (Å²) in [6, 6.07) is 0. The highest BCUT2D eigenvalue weighted by Gasteiger charge is 2.44. The minimum absolute atomic E-state index is 0.113. The molecule has 1 aliphatic rings. The van der Waals surface area contributed by atoms with Gasteiger partial charge in [-0.25, -0.2) is 0 Å². The van der Waals surface area contributed by atoms with Crippen molar-refractivity contribution < 1.29 is 44.2 Å². The van der Waals surface area contributed by atoms with E-state index in [1.807, 2.05) is 6.92 Å². The molecule has 9 heteroatoms. The number of aliphatic hydroxyl groups is 4. The van der Waals surface area contributed by atoms with Crippen LogP contribution in [0.4, 0.5) is 0 Å². The number of hydrogen-bond acceptors (Lipinski definition) is 9. The van der Waals surface area contributed by atoms with Crippen molar-refractivity contribution in [3.63, 3.8) is 0 Å². The summed E-state index contributed by atoms with van der Waals surface area (Å²) in [7, 11) is 0. The highest BCUT2D eigenvalue weighted by Crippen LogP contribution is 2.22. The van der Waals surface area contributed by atoms with Crippen molar-refractivity contribution in [2.24, 2.45) is 0 Å². The summed E-state index contributed by atoms with van der Waals surface area (Å²) in [5, 5.41) is 39.2. The highest BCUT2D eigenvalue weighted by molar-refractivity contribution is 5.69. The largest absolute Gasteiger partial charge is 0.457 e. The second kappa shape index (κ2) is 18.5. The van der Waals surface area contributed by atoms with Crippen LogP contribution in [0.25, 0.3) is 0 Å². The molecule has 0 amide bonds. The van der Waals surface area contributed by atoms with Crippen molar-refractivity contribution in [3.8, 4) is 0 Å². The Labute approximate surface area is 198 Å². The summed E-state index contributed by atoms with van der Waals surface area (Å²) < 4.78 is 22.1. The number of unbranched alkanes of at least 4 members (excludes halogenated alkanes) is 8. The van der Waals surface area contributed by atoms with E-state index in [0.717, 1.165) is 25.7 Å². The Balaban J connectivity index is 2.41. The zero-order valence-electron chi connectivity index (χ0n) is 20.4. The topological polar surface area (TPSA) is 135 Å². The Morgan fingerprint density at radius 1 is 0.848 bits per heavy atom. The van der Waals surface area contributed by atoms with E-state index in [4.69, 9.17) is 18.9 Å². The quantitative estimate of drug-likeness (QED) is 0.162. The van der Waals surface area contributed by atoms with Gasteiger partial charge in [0.15, 0.2) is 6.29 Å². The highest BCUT2D eigenvalue weighted by atomic mass is 16.7. The van der Waals surface area contributed by atoms with E-state index < -0.39 is 43.4 Å². The molecule has 0 aromatic rings. The molecule has 4 N–H and O–H groups in total. The predicted octanol–water partition coefficient (Wildman–Crippen LogP) is 2.06. The molecule has 0 aliphatic carbocycles. The van der Waals surface area contributed by atoms with Crippen LogP contribution >= 0.6 is 0 Å². The van der Waals surface area contributed by atoms with Crippen molar-refractivity contribution in [3.05, 3.63) is 0 Å². The minimum atomic E-state index is -1.52. The van der Waals surface area contributed by atoms with Gasteiger partial charge in [0.05, 0.1) is 19.8 Å². The van der Waals surface area contributed by atoms with Crippen molar-refractivity contribution in [1.29, 1.82) is 0 Å². The molecule has 1 aliphatic heterocycles. The van der Waals surface area contributed by atoms with E-state index in [0.29, 0.717) is 13.0 Å². The number of ether oxygens (including phenoxy) is 4. The first-order valence-electron chi connectivity index (χ1n) is 12.6. The molecular weight excluding hydrogens is 432 g/mol. The summed E-state index contributed by atoms with van der Waals surface area (Å²) in [5.41, 5.74) is 0. The standard InChI is InChI=1S/C24H46O9/c1-3-5-7-8-9-10-11-12-14-30-16-18(32-20(26)13-6-4-2)17-31-24-23(29)22(28)21(27)19(15-25)33-24/h18-19,21-25,27-29H,3-17H2,1-2H3. The maximum atomic E-state index is 12.1. The van der Waals surface area contributed by atoms with Gasteiger partial charge in [0.1, 0.15) is 30.5 Å². The van der Waals surface area contributed by atoms with Gasteiger partial charge in [0.2, 0.25) is 0 Å². The van der Waals surface area contributed by atoms with E-state index >= 15 is 0 Å². The number of aliphatic hydroxyl groups excluding tert-OH is 4. The van der Waals surface area contributed by atoms with Gasteiger partial charge in [0, 0.05) is 13.0 Å². The molecule has 6 unspecified atom stereocenters. The molecule has 0 saturated carbocycles. The van der Waals surface area contributed by atoms with Crippen molar-refractivity contribution >= 4 is 5.97 Å². The van der Waals surface area contributed by atoms with Crippen LogP contribution in [0.2, 0.25) is 0 Å². The van der Waals surface area contributed by atoms with Crippen LogP contribution in [0.5, 0.6) is 0 Å². The first-order chi connectivity index (χ1) is 15.9. The zero-order valence-corrected chi connectivity index (χ0v) is 20.4. The Kier molecular flexibility index (Phi) is 17.0. The van der Waals surface area contributed by atoms with E-state index in [1.54, 1.807) is 0 Å². The lowest BCUT2D eigenvalue weighted by molar-refractivity contribution is -0.305. The average Bonchev–Trinajstić information content (AvgIpc) is 2.81. The maximum absolute atomic E-state index is 12.1. The normalized spacial score (nSPS) is 26.3. The molecule has 33 heavy (non-hydrogen) atoms. The third kappa shape index (κ3) is 12.5. The van der Waals surface area contributed by atoms with E-state index in [2.05, 4.69) is 6.92 Å². The molecule has 0 bridgehead atoms. The van der Waals surface area contributed by atoms with Crippen LogP contribution in [0.15, 0.2) is 0 Å². The molecule has 1 heterocycles. The van der Waals surface area contributed by atoms with Crippen LogP contribution in [-0.4, -0.2) is 89.6 Å². The minimum Gasteiger partial charge on any atom is -0.457 e. The Morgan fingerprint density at radius 3 is 2.12 bits per heavy atom. The zero-order chi connectivity index (χ0) is 24.5. The average molecular weight is 479 g/mol. The van der Waals surface area contributed by atoms with Crippen LogP contribution < -0.4 is 0 Å². The van der Waals surface area contributed by atoms with E-state index in [1.165, 1.54) is 38.5 Å². The van der Waals surface area contributed by atoms with Crippen LogP contribution in [-0.2, 0) is 23.7 Å². The van der Waals surface area contributed by atoms with Crippen LogP contribution in [0, 0.1) is 0 Å². The summed E-state index contributed by atoms with van der Waals surface area (Å²) in [4.78, 5) is 12.1. The number of carbonyl (C=O) groups excluding carboxylic acids is 1. The van der Waals surface area contributed by atoms with Gasteiger partial charge in [-0.3, -0.25) is 4.79 Å². The maximum Gasteiger partial charge on any atom is 0.306 e. The first kappa shape index (κ1) is 30.2. The van der Waals surface area contributed by atoms with Gasteiger partial charge >= 0.3 is 5.97 Å². The second-order valence-corrected chi connectivity index (χ2v) is 8.80. The molecule has 0 aromatic heterocycles. The summed E-state index contributed by atoms with van der Waals surface area (Å²) in [6.45, 7) is 4.24. The fourth-order valence-electron chi connectivity index (χ4n) is 3.64. The number of hydrogen-bond donors (Lipinski definition) is 4. The summed E-state index contributed by atoms with van der Waals surface area (Å²) >= 11 is 0. The van der Waals surface area contributed by atoms with Crippen molar-refractivity contribution in [2.45, 2.75) is 121 Å². The fraction of sp³-hybridized carbons (Fsp3) is 0.958. The molecule has 0 radical (unpaired) electrons. The Hall–Kier alpha value is -0.810. The molecular formula is C24H46O9. The van der Waals surface area contributed by atoms with E-state index in [9.17, 15) is 25.2 Å². The van der Waals surface area contributed by atoms with Crippen LogP contribution in [0.3, 0.4) is 0 Å². The Morgan fingerprint density at radius 2 is 1.48 bits per heavy atom. The molecule has 1 fully saturated rings. The van der Waals surface area contributed by atoms with Gasteiger partial charge < -0.3 is 39.4 Å². The van der Waals surface area contributed by atoms with Crippen LogP contribution in [0.1, 0.15) is 84.5 Å². The molecule has 1 rings (SSSR count). The molecule has 1 saturated heterocycles. The van der Waals surface area contributed by atoms with Crippen molar-refractivity contribution in [1.82, 2.24) is 0 Å². The number of carbonyl (C=O) groups is 1. The molecule has 0 aromatic carbocycles. The lowest BCUT2D eigenvalue weighted by atomic mass is 9.99. The lowest BCUT2D eigenvalue weighted by Crippen LogP contribution is -2.59. The third-order valence-electron chi connectivity index (χ3n) is 5.77. The fourth-order valence-corrected chi connectivity index (χ4v) is 3.64. The van der Waals surface area contributed by atoms with Gasteiger partial charge in [-0.1, -0.05) is 65.2 Å².